The SMILES string of the molecule is CC1CCN(Cc2cc(F)cc(C#N)c2)CC1CN. The molecule has 1 aromatic rings. The summed E-state index contributed by atoms with van der Waals surface area (Å²) in [7, 11) is 0. The summed E-state index contributed by atoms with van der Waals surface area (Å²) in [6, 6.07) is 6.53. The fourth-order valence-electron chi connectivity index (χ4n) is 2.74. The number of rotatable bonds is 3. The van der Waals surface area contributed by atoms with Crippen molar-refractivity contribution in [1.82, 2.24) is 4.90 Å². The summed E-state index contributed by atoms with van der Waals surface area (Å²) >= 11 is 0. The van der Waals surface area contributed by atoms with E-state index in [2.05, 4.69) is 11.8 Å². The second kappa shape index (κ2) is 6.14. The van der Waals surface area contributed by atoms with Crippen molar-refractivity contribution in [3.63, 3.8) is 0 Å². The van der Waals surface area contributed by atoms with Crippen LogP contribution in [0.1, 0.15) is 24.5 Å². The summed E-state index contributed by atoms with van der Waals surface area (Å²) in [5, 5.41) is 8.86. The van der Waals surface area contributed by atoms with Gasteiger partial charge in [-0.25, -0.2) is 4.39 Å². The zero-order valence-electron chi connectivity index (χ0n) is 11.3. The smallest absolute Gasteiger partial charge is 0.124 e. The van der Waals surface area contributed by atoms with Crippen LogP contribution in [0.5, 0.6) is 0 Å². The van der Waals surface area contributed by atoms with Gasteiger partial charge in [0.05, 0.1) is 11.6 Å². The van der Waals surface area contributed by atoms with Crippen LogP contribution >= 0.6 is 0 Å². The molecule has 1 aliphatic heterocycles. The van der Waals surface area contributed by atoms with Gasteiger partial charge in [0.1, 0.15) is 5.82 Å². The number of nitriles is 1. The molecule has 1 saturated heterocycles. The van der Waals surface area contributed by atoms with Gasteiger partial charge in [0, 0.05) is 13.1 Å². The maximum absolute atomic E-state index is 13.4. The molecule has 2 N–H and O–H groups in total. The average Bonchev–Trinajstić information content (AvgIpc) is 2.40. The molecule has 1 aliphatic rings. The number of hydrogen-bond acceptors (Lipinski definition) is 3. The Balaban J connectivity index is 2.05. The van der Waals surface area contributed by atoms with Crippen molar-refractivity contribution < 1.29 is 4.39 Å². The zero-order chi connectivity index (χ0) is 13.8. The van der Waals surface area contributed by atoms with Crippen molar-refractivity contribution >= 4 is 0 Å². The molecule has 2 atom stereocenters. The molecule has 1 heterocycles. The molecule has 2 rings (SSSR count). The van der Waals surface area contributed by atoms with Gasteiger partial charge in [-0.1, -0.05) is 6.92 Å². The lowest BCUT2D eigenvalue weighted by Crippen LogP contribution is -2.42. The van der Waals surface area contributed by atoms with Gasteiger partial charge in [0.25, 0.3) is 0 Å². The second-order valence-corrected chi connectivity index (χ2v) is 5.46. The fourth-order valence-corrected chi connectivity index (χ4v) is 2.74. The van der Waals surface area contributed by atoms with Gasteiger partial charge in [0.15, 0.2) is 0 Å². The maximum Gasteiger partial charge on any atom is 0.124 e. The lowest BCUT2D eigenvalue weighted by atomic mass is 9.87. The molecular formula is C15H20FN3. The minimum Gasteiger partial charge on any atom is -0.330 e. The van der Waals surface area contributed by atoms with Crippen molar-refractivity contribution in [2.45, 2.75) is 19.9 Å². The first-order valence-electron chi connectivity index (χ1n) is 6.74. The molecule has 3 nitrogen and oxygen atoms in total. The summed E-state index contributed by atoms with van der Waals surface area (Å²) in [5.41, 5.74) is 7.04. The molecule has 0 saturated carbocycles. The lowest BCUT2D eigenvalue weighted by molar-refractivity contribution is 0.126. The second-order valence-electron chi connectivity index (χ2n) is 5.46. The number of hydrogen-bond donors (Lipinski definition) is 1. The summed E-state index contributed by atoms with van der Waals surface area (Å²) in [6.07, 6.45) is 1.13. The van der Waals surface area contributed by atoms with Crippen molar-refractivity contribution in [2.24, 2.45) is 17.6 Å². The number of nitrogens with zero attached hydrogens (tertiary/aromatic N) is 2. The van der Waals surface area contributed by atoms with Crippen LogP contribution in [0.4, 0.5) is 4.39 Å². The van der Waals surface area contributed by atoms with Gasteiger partial charge in [0.2, 0.25) is 0 Å². The van der Waals surface area contributed by atoms with E-state index >= 15 is 0 Å². The number of piperidine rings is 1. The monoisotopic (exact) mass is 261 g/mol. The third kappa shape index (κ3) is 3.52. The van der Waals surface area contributed by atoms with Crippen LogP contribution in [-0.2, 0) is 6.54 Å². The normalized spacial score (nSPS) is 24.1. The first-order valence-corrected chi connectivity index (χ1v) is 6.74. The molecule has 0 amide bonds. The molecular weight excluding hydrogens is 241 g/mol. The Kier molecular flexibility index (Phi) is 4.52. The zero-order valence-corrected chi connectivity index (χ0v) is 11.3. The van der Waals surface area contributed by atoms with E-state index in [1.807, 2.05) is 6.07 Å². The molecule has 19 heavy (non-hydrogen) atoms. The standard InChI is InChI=1S/C15H20FN3/c1-11-2-3-19(10-14(11)8-18)9-13-4-12(7-17)5-15(16)6-13/h4-6,11,14H,2-3,8-10,18H2,1H3. The largest absolute Gasteiger partial charge is 0.330 e. The third-order valence-corrected chi connectivity index (χ3v) is 3.99. The highest BCUT2D eigenvalue weighted by Gasteiger charge is 2.25. The molecule has 102 valence electrons. The van der Waals surface area contributed by atoms with Gasteiger partial charge < -0.3 is 5.73 Å². The molecule has 4 heteroatoms. The van der Waals surface area contributed by atoms with E-state index in [-0.39, 0.29) is 5.82 Å². The number of benzene rings is 1. The third-order valence-electron chi connectivity index (χ3n) is 3.99. The number of nitrogens with two attached hydrogens (primary N) is 1. The lowest BCUT2D eigenvalue weighted by Gasteiger charge is -2.36. The van der Waals surface area contributed by atoms with Gasteiger partial charge in [-0.05, 0) is 55.1 Å². The van der Waals surface area contributed by atoms with Gasteiger partial charge in [-0.3, -0.25) is 4.90 Å². The molecule has 0 aromatic heterocycles. The van der Waals surface area contributed by atoms with Crippen molar-refractivity contribution in [3.05, 3.63) is 35.1 Å². The maximum atomic E-state index is 13.4. The number of halogens is 1. The summed E-state index contributed by atoms with van der Waals surface area (Å²) < 4.78 is 13.4. The predicted molar refractivity (Wildman–Crippen MR) is 72.7 cm³/mol. The van der Waals surface area contributed by atoms with Crippen LogP contribution in [0.3, 0.4) is 0 Å². The minimum absolute atomic E-state index is 0.338. The van der Waals surface area contributed by atoms with Crippen LogP contribution in [-0.4, -0.2) is 24.5 Å². The van der Waals surface area contributed by atoms with Crippen molar-refractivity contribution in [3.8, 4) is 6.07 Å². The first-order chi connectivity index (χ1) is 9.12. The van der Waals surface area contributed by atoms with E-state index in [0.29, 0.717) is 30.5 Å². The van der Waals surface area contributed by atoms with Gasteiger partial charge in [-0.15, -0.1) is 0 Å². The van der Waals surface area contributed by atoms with E-state index in [1.54, 1.807) is 6.07 Å². The summed E-state index contributed by atoms with van der Waals surface area (Å²) in [5.74, 6) is 0.830. The highest BCUT2D eigenvalue weighted by molar-refractivity contribution is 5.33. The van der Waals surface area contributed by atoms with Crippen LogP contribution in [0.15, 0.2) is 18.2 Å². The fraction of sp³-hybridized carbons (Fsp3) is 0.533. The van der Waals surface area contributed by atoms with Crippen molar-refractivity contribution in [2.75, 3.05) is 19.6 Å². The Hall–Kier alpha value is -1.44. The molecule has 0 aliphatic carbocycles. The van der Waals surface area contributed by atoms with E-state index in [1.165, 1.54) is 12.1 Å². The Morgan fingerprint density at radius 2 is 2.26 bits per heavy atom. The van der Waals surface area contributed by atoms with Gasteiger partial charge in [-0.2, -0.15) is 5.26 Å². The van der Waals surface area contributed by atoms with E-state index in [4.69, 9.17) is 11.0 Å². The molecule has 1 fully saturated rings. The molecule has 0 radical (unpaired) electrons. The molecule has 0 bridgehead atoms. The first kappa shape index (κ1) is 14.0. The molecule has 0 spiro atoms. The van der Waals surface area contributed by atoms with E-state index in [0.717, 1.165) is 25.1 Å². The van der Waals surface area contributed by atoms with Crippen LogP contribution in [0, 0.1) is 29.0 Å². The Morgan fingerprint density at radius 1 is 1.47 bits per heavy atom. The number of likely N-dealkylation sites (tertiary alicyclic amines) is 1. The highest BCUT2D eigenvalue weighted by atomic mass is 19.1. The highest BCUT2D eigenvalue weighted by Crippen LogP contribution is 2.23. The van der Waals surface area contributed by atoms with Crippen LogP contribution in [0.2, 0.25) is 0 Å². The van der Waals surface area contributed by atoms with E-state index < -0.39 is 0 Å². The quantitative estimate of drug-likeness (QED) is 0.906. The van der Waals surface area contributed by atoms with E-state index in [9.17, 15) is 4.39 Å². The topological polar surface area (TPSA) is 53.0 Å². The predicted octanol–water partition coefficient (Wildman–Crippen LogP) is 2.11. The Morgan fingerprint density at radius 3 is 2.95 bits per heavy atom. The minimum atomic E-state index is -0.338. The molecule has 2 unspecified atom stereocenters. The average molecular weight is 261 g/mol. The van der Waals surface area contributed by atoms with Gasteiger partial charge >= 0.3 is 0 Å². The van der Waals surface area contributed by atoms with Crippen LogP contribution in [0.25, 0.3) is 0 Å². The Labute approximate surface area is 113 Å². The summed E-state index contributed by atoms with van der Waals surface area (Å²) in [4.78, 5) is 2.30. The molecule has 1 aromatic carbocycles. The van der Waals surface area contributed by atoms with Crippen LogP contribution < -0.4 is 5.73 Å². The Bertz CT molecular complexity index is 481. The van der Waals surface area contributed by atoms with Crippen molar-refractivity contribution in [1.29, 1.82) is 5.26 Å². The summed E-state index contributed by atoms with van der Waals surface area (Å²) in [6.45, 7) is 5.59.